The molecule has 0 aliphatic heterocycles. The maximum atomic E-state index is 13.9. The van der Waals surface area contributed by atoms with E-state index < -0.39 is 0 Å². The Bertz CT molecular complexity index is 1040. The molecule has 0 bridgehead atoms. The Morgan fingerprint density at radius 1 is 1.28 bits per heavy atom. The Morgan fingerprint density at radius 2 is 2.07 bits per heavy atom. The van der Waals surface area contributed by atoms with Crippen LogP contribution >= 0.6 is 11.3 Å². The molecule has 1 aromatic carbocycles. The number of aromatic nitrogens is 2. The lowest BCUT2D eigenvalue weighted by Gasteiger charge is -2.17. The first-order valence-electron chi connectivity index (χ1n) is 9.68. The zero-order chi connectivity index (χ0) is 20.4. The Hall–Kier alpha value is -2.80. The van der Waals surface area contributed by atoms with E-state index in [9.17, 15) is 9.18 Å². The minimum atomic E-state index is -0.343. The average Bonchev–Trinajstić information content (AvgIpc) is 3.25. The number of nitrogens with zero attached hydrogens (tertiary/aromatic N) is 2. The van der Waals surface area contributed by atoms with Gasteiger partial charge in [-0.15, -0.1) is 11.3 Å². The largest absolute Gasteiger partial charge is 0.340 e. The second kappa shape index (κ2) is 8.29. The van der Waals surface area contributed by atoms with Gasteiger partial charge in [0.05, 0.1) is 0 Å². The van der Waals surface area contributed by atoms with Crippen molar-refractivity contribution in [3.05, 3.63) is 64.9 Å². The second-order valence-electron chi connectivity index (χ2n) is 7.51. The number of carbonyl (C=O) groups excluding carboxylic acids is 1. The highest BCUT2D eigenvalue weighted by atomic mass is 32.1. The van der Waals surface area contributed by atoms with Gasteiger partial charge in [-0.1, -0.05) is 37.2 Å². The molecule has 2 aromatic heterocycles. The summed E-state index contributed by atoms with van der Waals surface area (Å²) in [4.78, 5) is 18.6. The van der Waals surface area contributed by atoms with Crippen molar-refractivity contribution in [2.75, 3.05) is 0 Å². The van der Waals surface area contributed by atoms with Crippen LogP contribution in [0, 0.1) is 11.7 Å². The van der Waals surface area contributed by atoms with Crippen LogP contribution in [0.25, 0.3) is 16.5 Å². The second-order valence-corrected chi connectivity index (χ2v) is 8.63. The van der Waals surface area contributed by atoms with Gasteiger partial charge in [-0.05, 0) is 43.0 Å². The van der Waals surface area contributed by atoms with Gasteiger partial charge in [-0.3, -0.25) is 4.79 Å². The molecule has 1 aliphatic rings. The van der Waals surface area contributed by atoms with Crippen LogP contribution in [0.5, 0.6) is 0 Å². The Balaban J connectivity index is 1.42. The topological polar surface area (TPSA) is 68.0 Å². The molecule has 1 aliphatic carbocycles. The summed E-state index contributed by atoms with van der Waals surface area (Å²) in [5.41, 5.74) is 0.560. The minimum Gasteiger partial charge on any atom is -0.340 e. The van der Waals surface area contributed by atoms with E-state index in [1.807, 2.05) is 26.0 Å². The van der Waals surface area contributed by atoms with E-state index in [4.69, 9.17) is 4.52 Å². The zero-order valence-electron chi connectivity index (χ0n) is 16.3. The standard InChI is InChI=1S/C22H22FN3O2S/c1-13(2)20(22-25-21(26-28-22)14-7-8-14)24-19(27)12-10-15-9-11-18(29-15)16-5-3-4-6-17(16)23/h3-6,9-14,20H,7-8H2,1-2H3,(H,24,27)/b12-10+. The van der Waals surface area contributed by atoms with E-state index in [2.05, 4.69) is 15.5 Å². The van der Waals surface area contributed by atoms with Crippen LogP contribution in [0.15, 0.2) is 47.0 Å². The number of halogens is 1. The summed E-state index contributed by atoms with van der Waals surface area (Å²) in [5.74, 6) is 1.19. The van der Waals surface area contributed by atoms with Gasteiger partial charge in [-0.2, -0.15) is 4.98 Å². The quantitative estimate of drug-likeness (QED) is 0.533. The van der Waals surface area contributed by atoms with Crippen LogP contribution in [0.3, 0.4) is 0 Å². The molecule has 1 atom stereocenters. The lowest BCUT2D eigenvalue weighted by atomic mass is 10.0. The van der Waals surface area contributed by atoms with Gasteiger partial charge in [0, 0.05) is 27.3 Å². The SMILES string of the molecule is CC(C)C(NC(=O)/C=C/c1ccc(-c2ccccc2F)s1)c1nc(C2CC2)no1. The van der Waals surface area contributed by atoms with Crippen LogP contribution in [-0.4, -0.2) is 16.0 Å². The van der Waals surface area contributed by atoms with Crippen molar-refractivity contribution in [3.8, 4) is 10.4 Å². The molecular weight excluding hydrogens is 389 g/mol. The van der Waals surface area contributed by atoms with Crippen LogP contribution in [0.4, 0.5) is 4.39 Å². The molecule has 0 saturated heterocycles. The number of hydrogen-bond donors (Lipinski definition) is 1. The molecular formula is C22H22FN3O2S. The van der Waals surface area contributed by atoms with Crippen LogP contribution < -0.4 is 5.32 Å². The minimum absolute atomic E-state index is 0.106. The van der Waals surface area contributed by atoms with Gasteiger partial charge in [-0.25, -0.2) is 4.39 Å². The van der Waals surface area contributed by atoms with Crippen LogP contribution in [0.2, 0.25) is 0 Å². The lowest BCUT2D eigenvalue weighted by molar-refractivity contribution is -0.117. The first-order chi connectivity index (χ1) is 14.0. The Kier molecular flexibility index (Phi) is 5.58. The highest BCUT2D eigenvalue weighted by Crippen LogP contribution is 2.38. The summed E-state index contributed by atoms with van der Waals surface area (Å²) in [5, 5.41) is 6.98. The molecule has 7 heteroatoms. The third-order valence-electron chi connectivity index (χ3n) is 4.80. The van der Waals surface area contributed by atoms with Crippen molar-refractivity contribution in [1.82, 2.24) is 15.5 Å². The summed E-state index contributed by atoms with van der Waals surface area (Å²) < 4.78 is 19.3. The van der Waals surface area contributed by atoms with Crippen molar-refractivity contribution in [3.63, 3.8) is 0 Å². The fourth-order valence-electron chi connectivity index (χ4n) is 3.00. The molecule has 4 rings (SSSR count). The fourth-order valence-corrected chi connectivity index (χ4v) is 3.94. The number of benzene rings is 1. The molecule has 0 radical (unpaired) electrons. The molecule has 1 fully saturated rings. The molecule has 2 heterocycles. The molecule has 150 valence electrons. The molecule has 1 N–H and O–H groups in total. The predicted molar refractivity (Wildman–Crippen MR) is 111 cm³/mol. The molecule has 0 spiro atoms. The van der Waals surface area contributed by atoms with Gasteiger partial charge in [0.15, 0.2) is 5.82 Å². The van der Waals surface area contributed by atoms with E-state index in [1.165, 1.54) is 23.5 Å². The van der Waals surface area contributed by atoms with Crippen molar-refractivity contribution in [1.29, 1.82) is 0 Å². The smallest absolute Gasteiger partial charge is 0.249 e. The fraction of sp³-hybridized carbons (Fsp3) is 0.318. The van der Waals surface area contributed by atoms with Gasteiger partial charge in [0.2, 0.25) is 11.8 Å². The number of hydrogen-bond acceptors (Lipinski definition) is 5. The number of rotatable bonds is 7. The van der Waals surface area contributed by atoms with Gasteiger partial charge < -0.3 is 9.84 Å². The first-order valence-corrected chi connectivity index (χ1v) is 10.5. The lowest BCUT2D eigenvalue weighted by Crippen LogP contribution is -2.30. The highest BCUT2D eigenvalue weighted by molar-refractivity contribution is 7.16. The zero-order valence-corrected chi connectivity index (χ0v) is 17.1. The Labute approximate surface area is 172 Å². The Morgan fingerprint density at radius 3 is 2.79 bits per heavy atom. The number of thiophene rings is 1. The average molecular weight is 412 g/mol. The van der Waals surface area contributed by atoms with Gasteiger partial charge in [0.25, 0.3) is 0 Å². The molecule has 1 saturated carbocycles. The maximum absolute atomic E-state index is 13.9. The van der Waals surface area contributed by atoms with E-state index in [0.29, 0.717) is 17.4 Å². The van der Waals surface area contributed by atoms with Crippen LogP contribution in [-0.2, 0) is 4.79 Å². The molecule has 1 amide bonds. The van der Waals surface area contributed by atoms with Crippen LogP contribution in [0.1, 0.15) is 55.2 Å². The van der Waals surface area contributed by atoms with Crippen molar-refractivity contribution in [2.45, 2.75) is 38.6 Å². The van der Waals surface area contributed by atoms with E-state index in [1.54, 1.807) is 24.3 Å². The third-order valence-corrected chi connectivity index (χ3v) is 5.88. The summed E-state index contributed by atoms with van der Waals surface area (Å²) in [6.07, 6.45) is 5.39. The predicted octanol–water partition coefficient (Wildman–Crippen LogP) is 5.34. The summed E-state index contributed by atoms with van der Waals surface area (Å²) in [6.45, 7) is 3.99. The summed E-state index contributed by atoms with van der Waals surface area (Å²) in [7, 11) is 0. The van der Waals surface area contributed by atoms with Crippen molar-refractivity contribution < 1.29 is 13.7 Å². The number of carbonyl (C=O) groups is 1. The number of nitrogens with one attached hydrogen (secondary N) is 1. The van der Waals surface area contributed by atoms with Gasteiger partial charge >= 0.3 is 0 Å². The van der Waals surface area contributed by atoms with E-state index >= 15 is 0 Å². The molecule has 5 nitrogen and oxygen atoms in total. The van der Waals surface area contributed by atoms with Crippen molar-refractivity contribution >= 4 is 23.3 Å². The third kappa shape index (κ3) is 4.62. The monoisotopic (exact) mass is 411 g/mol. The molecule has 1 unspecified atom stereocenters. The summed E-state index contributed by atoms with van der Waals surface area (Å²) in [6, 6.07) is 10.0. The first kappa shape index (κ1) is 19.5. The highest BCUT2D eigenvalue weighted by Gasteiger charge is 2.31. The van der Waals surface area contributed by atoms with Crippen molar-refractivity contribution in [2.24, 2.45) is 5.92 Å². The molecule has 29 heavy (non-hydrogen) atoms. The van der Waals surface area contributed by atoms with E-state index in [0.717, 1.165) is 28.4 Å². The number of amides is 1. The summed E-state index contributed by atoms with van der Waals surface area (Å²) >= 11 is 1.43. The maximum Gasteiger partial charge on any atom is 0.249 e. The normalized spacial score (nSPS) is 15.2. The molecule has 3 aromatic rings. The van der Waals surface area contributed by atoms with E-state index in [-0.39, 0.29) is 23.7 Å². The van der Waals surface area contributed by atoms with Gasteiger partial charge in [0.1, 0.15) is 11.9 Å².